The van der Waals surface area contributed by atoms with Crippen molar-refractivity contribution in [1.29, 1.82) is 0 Å². The van der Waals surface area contributed by atoms with Crippen molar-refractivity contribution in [3.8, 4) is 0 Å². The zero-order valence-electron chi connectivity index (χ0n) is 10.5. The van der Waals surface area contributed by atoms with Crippen molar-refractivity contribution in [2.75, 3.05) is 0 Å². The summed E-state index contributed by atoms with van der Waals surface area (Å²) in [6, 6.07) is -1.26. The van der Waals surface area contributed by atoms with E-state index in [1.165, 1.54) is 18.4 Å². The summed E-state index contributed by atoms with van der Waals surface area (Å²) in [5.41, 5.74) is 0. The number of aliphatic hydroxyl groups is 1. The number of aliphatic carboxylic acids is 1. The van der Waals surface area contributed by atoms with Gasteiger partial charge in [0.05, 0.1) is 6.10 Å². The normalized spacial score (nSPS) is 21.7. The summed E-state index contributed by atoms with van der Waals surface area (Å²) < 4.78 is 27.1. The number of aliphatic hydroxyl groups excluding tert-OH is 1. The SMILES string of the molecule is Cc1nnc(C2CC(F)(F)C2)n1C(C(=O)O)C(C)O. The zero-order valence-corrected chi connectivity index (χ0v) is 10.5. The molecule has 6 nitrogen and oxygen atoms in total. The van der Waals surface area contributed by atoms with Crippen molar-refractivity contribution in [2.45, 2.75) is 50.7 Å². The summed E-state index contributed by atoms with van der Waals surface area (Å²) in [5, 5.41) is 26.3. The monoisotopic (exact) mass is 275 g/mol. The summed E-state index contributed by atoms with van der Waals surface area (Å²) >= 11 is 0. The topological polar surface area (TPSA) is 88.2 Å². The van der Waals surface area contributed by atoms with Crippen LogP contribution in [0.1, 0.15) is 43.4 Å². The third kappa shape index (κ3) is 2.44. The lowest BCUT2D eigenvalue weighted by atomic mass is 9.80. The van der Waals surface area contributed by atoms with Crippen molar-refractivity contribution in [3.63, 3.8) is 0 Å². The lowest BCUT2D eigenvalue weighted by molar-refractivity contribution is -0.144. The van der Waals surface area contributed by atoms with Crippen molar-refractivity contribution in [1.82, 2.24) is 14.8 Å². The Kier molecular flexibility index (Phi) is 3.29. The van der Waals surface area contributed by atoms with Crippen LogP contribution in [0.4, 0.5) is 8.78 Å². The van der Waals surface area contributed by atoms with Crippen molar-refractivity contribution < 1.29 is 23.8 Å². The van der Waals surface area contributed by atoms with E-state index in [2.05, 4.69) is 10.2 Å². The van der Waals surface area contributed by atoms with Gasteiger partial charge < -0.3 is 10.2 Å². The maximum Gasteiger partial charge on any atom is 0.329 e. The molecule has 106 valence electrons. The van der Waals surface area contributed by atoms with Crippen LogP contribution in [0.15, 0.2) is 0 Å². The second kappa shape index (κ2) is 4.52. The standard InChI is InChI=1S/C11H15F2N3O3/c1-5(17)8(10(18)19)16-6(2)14-15-9(16)7-3-11(12,13)4-7/h5,7-8,17H,3-4H2,1-2H3,(H,18,19). The number of alkyl halides is 2. The van der Waals surface area contributed by atoms with Gasteiger partial charge in [-0.3, -0.25) is 4.57 Å². The fourth-order valence-electron chi connectivity index (χ4n) is 2.38. The van der Waals surface area contributed by atoms with E-state index in [-0.39, 0.29) is 18.7 Å². The fraction of sp³-hybridized carbons (Fsp3) is 0.727. The molecule has 1 saturated carbocycles. The van der Waals surface area contributed by atoms with Crippen molar-refractivity contribution in [3.05, 3.63) is 11.6 Å². The number of carboxylic acid groups (broad SMARTS) is 1. The van der Waals surface area contributed by atoms with Gasteiger partial charge in [0.2, 0.25) is 5.92 Å². The number of carbonyl (C=O) groups is 1. The molecule has 0 saturated heterocycles. The molecular formula is C11H15F2N3O3. The number of halogens is 2. The minimum absolute atomic E-state index is 0.205. The summed E-state index contributed by atoms with van der Waals surface area (Å²) in [6.45, 7) is 2.86. The molecule has 1 fully saturated rings. The number of rotatable bonds is 4. The molecule has 1 aliphatic carbocycles. The van der Waals surface area contributed by atoms with Gasteiger partial charge >= 0.3 is 5.97 Å². The minimum Gasteiger partial charge on any atom is -0.480 e. The third-order valence-corrected chi connectivity index (χ3v) is 3.34. The van der Waals surface area contributed by atoms with Gasteiger partial charge in [0, 0.05) is 18.8 Å². The molecule has 2 atom stereocenters. The summed E-state index contributed by atoms with van der Waals surface area (Å²) in [5.74, 6) is -3.99. The smallest absolute Gasteiger partial charge is 0.329 e. The van der Waals surface area contributed by atoms with E-state index in [0.29, 0.717) is 5.82 Å². The molecule has 1 aliphatic rings. The first-order chi connectivity index (χ1) is 8.73. The molecule has 1 aromatic heterocycles. The number of aryl methyl sites for hydroxylation is 1. The number of hydrogen-bond donors (Lipinski definition) is 2. The highest BCUT2D eigenvalue weighted by Crippen LogP contribution is 2.48. The Morgan fingerprint density at radius 1 is 1.47 bits per heavy atom. The van der Waals surface area contributed by atoms with E-state index >= 15 is 0 Å². The molecule has 0 aromatic carbocycles. The van der Waals surface area contributed by atoms with Gasteiger partial charge in [0.15, 0.2) is 6.04 Å². The maximum atomic E-state index is 12.9. The Hall–Kier alpha value is -1.57. The molecule has 0 aliphatic heterocycles. The van der Waals surface area contributed by atoms with Crippen molar-refractivity contribution in [2.24, 2.45) is 0 Å². The molecule has 2 unspecified atom stereocenters. The van der Waals surface area contributed by atoms with E-state index in [0.717, 1.165) is 0 Å². The first-order valence-electron chi connectivity index (χ1n) is 5.93. The van der Waals surface area contributed by atoms with Crippen molar-refractivity contribution >= 4 is 5.97 Å². The number of carboxylic acids is 1. The Bertz CT molecular complexity index is 493. The summed E-state index contributed by atoms with van der Waals surface area (Å²) in [4.78, 5) is 11.2. The molecule has 0 amide bonds. The van der Waals surface area contributed by atoms with Crippen LogP contribution < -0.4 is 0 Å². The van der Waals surface area contributed by atoms with Gasteiger partial charge in [-0.15, -0.1) is 10.2 Å². The Morgan fingerprint density at radius 2 is 2.05 bits per heavy atom. The predicted molar refractivity (Wildman–Crippen MR) is 60.0 cm³/mol. The Balaban J connectivity index is 2.35. The lowest BCUT2D eigenvalue weighted by Gasteiger charge is -2.35. The molecule has 19 heavy (non-hydrogen) atoms. The second-order valence-electron chi connectivity index (χ2n) is 4.96. The fourth-order valence-corrected chi connectivity index (χ4v) is 2.38. The Labute approximate surface area is 108 Å². The van der Waals surface area contributed by atoms with E-state index < -0.39 is 30.0 Å². The lowest BCUT2D eigenvalue weighted by Crippen LogP contribution is -2.38. The van der Waals surface area contributed by atoms with Gasteiger partial charge in [0.1, 0.15) is 11.6 Å². The van der Waals surface area contributed by atoms with Gasteiger partial charge in [-0.1, -0.05) is 0 Å². The second-order valence-corrected chi connectivity index (χ2v) is 4.96. The van der Waals surface area contributed by atoms with E-state index in [1.807, 2.05) is 0 Å². The van der Waals surface area contributed by atoms with E-state index in [9.17, 15) is 18.7 Å². The van der Waals surface area contributed by atoms with Gasteiger partial charge in [-0.25, -0.2) is 13.6 Å². The molecular weight excluding hydrogens is 260 g/mol. The van der Waals surface area contributed by atoms with Gasteiger partial charge in [-0.2, -0.15) is 0 Å². The maximum absolute atomic E-state index is 12.9. The summed E-state index contributed by atoms with van der Waals surface area (Å²) in [7, 11) is 0. The zero-order chi connectivity index (χ0) is 14.4. The molecule has 1 aromatic rings. The minimum atomic E-state index is -2.72. The molecule has 8 heteroatoms. The van der Waals surface area contributed by atoms with Crippen LogP contribution in [0, 0.1) is 6.92 Å². The number of hydrogen-bond acceptors (Lipinski definition) is 4. The average Bonchev–Trinajstić information content (AvgIpc) is 2.56. The first kappa shape index (κ1) is 13.9. The molecule has 0 spiro atoms. The quantitative estimate of drug-likeness (QED) is 0.859. The number of nitrogens with zero attached hydrogens (tertiary/aromatic N) is 3. The molecule has 0 bridgehead atoms. The van der Waals surface area contributed by atoms with E-state index in [1.54, 1.807) is 0 Å². The highest BCUT2D eigenvalue weighted by molar-refractivity contribution is 5.72. The molecule has 2 rings (SSSR count). The summed E-state index contributed by atoms with van der Waals surface area (Å²) in [6.07, 6.45) is -1.90. The van der Waals surface area contributed by atoms with Crippen LogP contribution in [0.25, 0.3) is 0 Å². The average molecular weight is 275 g/mol. The van der Waals surface area contributed by atoms with Gasteiger partial charge in [-0.05, 0) is 13.8 Å². The molecule has 0 radical (unpaired) electrons. The largest absolute Gasteiger partial charge is 0.480 e. The van der Waals surface area contributed by atoms with Gasteiger partial charge in [0.25, 0.3) is 0 Å². The molecule has 1 heterocycles. The predicted octanol–water partition coefficient (Wildman–Crippen LogP) is 1.11. The molecule has 2 N–H and O–H groups in total. The van der Waals surface area contributed by atoms with Crippen LogP contribution in [0.3, 0.4) is 0 Å². The van der Waals surface area contributed by atoms with Crippen LogP contribution in [-0.4, -0.2) is 43.0 Å². The highest BCUT2D eigenvalue weighted by atomic mass is 19.3. The van der Waals surface area contributed by atoms with E-state index in [4.69, 9.17) is 5.11 Å². The number of aromatic nitrogens is 3. The van der Waals surface area contributed by atoms with Crippen LogP contribution >= 0.6 is 0 Å². The van der Waals surface area contributed by atoms with Crippen LogP contribution in [0.5, 0.6) is 0 Å². The Morgan fingerprint density at radius 3 is 2.47 bits per heavy atom. The van der Waals surface area contributed by atoms with Crippen LogP contribution in [-0.2, 0) is 4.79 Å². The highest BCUT2D eigenvalue weighted by Gasteiger charge is 2.49. The third-order valence-electron chi connectivity index (χ3n) is 3.34. The first-order valence-corrected chi connectivity index (χ1v) is 5.93. The van der Waals surface area contributed by atoms with Crippen LogP contribution in [0.2, 0.25) is 0 Å².